The molecule has 0 saturated carbocycles. The van der Waals surface area contributed by atoms with Crippen LogP contribution in [-0.2, 0) is 9.47 Å². The second kappa shape index (κ2) is 22.8. The summed E-state index contributed by atoms with van der Waals surface area (Å²) >= 11 is 11.2. The van der Waals surface area contributed by atoms with Crippen LogP contribution in [0, 0.1) is 0 Å². The van der Waals surface area contributed by atoms with Gasteiger partial charge in [0.1, 0.15) is 0 Å². The van der Waals surface area contributed by atoms with Crippen molar-refractivity contribution in [2.45, 2.75) is 49.9 Å². The highest BCUT2D eigenvalue weighted by molar-refractivity contribution is 6.37. The van der Waals surface area contributed by atoms with Crippen LogP contribution in [0.1, 0.15) is 25.7 Å². The molecule has 0 aromatic rings. The van der Waals surface area contributed by atoms with Crippen molar-refractivity contribution in [3.8, 4) is 0 Å². The molecule has 140 valence electrons. The lowest BCUT2D eigenvalue weighted by Crippen LogP contribution is -1.89. The van der Waals surface area contributed by atoms with E-state index in [2.05, 4.69) is 24.3 Å². The van der Waals surface area contributed by atoms with Gasteiger partial charge in [-0.1, -0.05) is 24.3 Å². The van der Waals surface area contributed by atoms with E-state index in [0.29, 0.717) is 0 Å². The van der Waals surface area contributed by atoms with Crippen LogP contribution in [0.15, 0.2) is 36.8 Å². The molecule has 0 heterocycles. The highest BCUT2D eigenvalue weighted by Crippen LogP contribution is 1.97. The average Bonchev–Trinajstić information content (AvgIpc) is 2.60. The fourth-order valence-corrected chi connectivity index (χ4v) is 4.45. The first kappa shape index (κ1) is 23.8. The van der Waals surface area contributed by atoms with E-state index in [0.717, 1.165) is 50.7 Å². The van der Waals surface area contributed by atoms with Crippen LogP contribution >= 0.6 is 23.2 Å². The average molecular weight is 410 g/mol. The molecule has 24 heavy (non-hydrogen) atoms. The van der Waals surface area contributed by atoms with Crippen LogP contribution < -0.4 is 0 Å². The maximum Gasteiger partial charge on any atom is 0.0873 e. The third kappa shape index (κ3) is 21.8. The zero-order valence-corrected chi connectivity index (χ0v) is 19.3. The normalized spacial score (nSPS) is 12.9. The first-order valence-electron chi connectivity index (χ1n) is 9.22. The number of ether oxygens (including phenoxy) is 2. The largest absolute Gasteiger partial charge is 0.502 e. The number of hydrogen-bond acceptors (Lipinski definition) is 2. The molecule has 6 heteroatoms. The van der Waals surface area contributed by atoms with Crippen molar-refractivity contribution in [3.05, 3.63) is 36.8 Å². The zero-order chi connectivity index (χ0) is 17.6. The SMILES string of the molecule is ClCCCCOC=CC[SiH2]CC=CC[SiH2]CC=COCCCCCl. The highest BCUT2D eigenvalue weighted by atomic mass is 35.5. The van der Waals surface area contributed by atoms with Gasteiger partial charge in [-0.2, -0.15) is 0 Å². The zero-order valence-electron chi connectivity index (χ0n) is 14.9. The maximum absolute atomic E-state index is 5.60. The molecule has 0 amide bonds. The summed E-state index contributed by atoms with van der Waals surface area (Å²) in [6.45, 7) is 1.59. The minimum atomic E-state index is 0.00667. The molecule has 0 rings (SSSR count). The van der Waals surface area contributed by atoms with Crippen molar-refractivity contribution in [2.24, 2.45) is 0 Å². The molecule has 0 atom stereocenters. The first-order chi connectivity index (χ1) is 11.9. The Kier molecular flexibility index (Phi) is 22.7. The number of halogens is 2. The van der Waals surface area contributed by atoms with E-state index < -0.39 is 0 Å². The van der Waals surface area contributed by atoms with Gasteiger partial charge in [-0.25, -0.2) is 0 Å². The molecule has 2 nitrogen and oxygen atoms in total. The maximum atomic E-state index is 5.60. The topological polar surface area (TPSA) is 18.5 Å². The first-order valence-corrected chi connectivity index (χ1v) is 14.3. The van der Waals surface area contributed by atoms with Gasteiger partial charge >= 0.3 is 0 Å². The summed E-state index contributed by atoms with van der Waals surface area (Å²) < 4.78 is 10.8. The summed E-state index contributed by atoms with van der Waals surface area (Å²) in [5, 5.41) is 0. The van der Waals surface area contributed by atoms with Crippen molar-refractivity contribution in [1.82, 2.24) is 0 Å². The van der Waals surface area contributed by atoms with Gasteiger partial charge in [-0.3, -0.25) is 0 Å². The summed E-state index contributed by atoms with van der Waals surface area (Å²) in [6, 6.07) is 5.04. The molecular formula is C18H34Cl2O2Si2. The standard InChI is InChI=1S/C18H34Cl2O2Si2/c19-9-1-3-11-21-13-7-17-23-15-5-6-16-24-18-8-14-22-12-4-2-10-20/h5-8,13-14H,1-4,9-12,15-18,23-24H2. The Hall–Kier alpha value is -0.166. The lowest BCUT2D eigenvalue weighted by molar-refractivity contribution is 0.243. The molecule has 0 aliphatic rings. The molecular weight excluding hydrogens is 375 g/mol. The molecule has 0 aliphatic carbocycles. The van der Waals surface area contributed by atoms with Gasteiger partial charge in [-0.05, 0) is 49.9 Å². The van der Waals surface area contributed by atoms with Crippen LogP contribution in [0.4, 0.5) is 0 Å². The van der Waals surface area contributed by atoms with Gasteiger partial charge in [0, 0.05) is 30.8 Å². The Morgan fingerprint density at radius 1 is 0.583 bits per heavy atom. The van der Waals surface area contributed by atoms with E-state index in [1.807, 2.05) is 12.5 Å². The van der Waals surface area contributed by atoms with Crippen molar-refractivity contribution in [1.29, 1.82) is 0 Å². The summed E-state index contributed by atoms with van der Waals surface area (Å²) in [4.78, 5) is 0. The Labute approximate surface area is 163 Å². The van der Waals surface area contributed by atoms with Crippen molar-refractivity contribution < 1.29 is 9.47 Å². The number of allylic oxidation sites excluding steroid dienone is 4. The molecule has 0 radical (unpaired) electrons. The highest BCUT2D eigenvalue weighted by Gasteiger charge is 1.87. The smallest absolute Gasteiger partial charge is 0.0873 e. The van der Waals surface area contributed by atoms with Gasteiger partial charge in [0.05, 0.1) is 25.7 Å². The minimum Gasteiger partial charge on any atom is -0.502 e. The summed E-state index contributed by atoms with van der Waals surface area (Å²) in [5.41, 5.74) is 0. The van der Waals surface area contributed by atoms with Crippen molar-refractivity contribution in [3.63, 3.8) is 0 Å². The summed E-state index contributed by atoms with van der Waals surface area (Å²) in [5.74, 6) is 1.46. The molecule has 0 aliphatic heterocycles. The summed E-state index contributed by atoms with van der Waals surface area (Å²) in [7, 11) is 0.0133. The molecule has 0 aromatic carbocycles. The lowest BCUT2D eigenvalue weighted by Gasteiger charge is -1.98. The van der Waals surface area contributed by atoms with E-state index in [4.69, 9.17) is 32.7 Å². The van der Waals surface area contributed by atoms with E-state index in [9.17, 15) is 0 Å². The van der Waals surface area contributed by atoms with E-state index >= 15 is 0 Å². The predicted octanol–water partition coefficient (Wildman–Crippen LogP) is 4.65. The van der Waals surface area contributed by atoms with Crippen LogP contribution in [-0.4, -0.2) is 44.0 Å². The molecule has 0 saturated heterocycles. The predicted molar refractivity (Wildman–Crippen MR) is 116 cm³/mol. The number of rotatable bonds is 18. The molecule has 0 fully saturated rings. The van der Waals surface area contributed by atoms with Gasteiger partial charge < -0.3 is 9.47 Å². The minimum absolute atomic E-state index is 0.00667. The Balaban J connectivity index is 3.21. The molecule has 0 N–H and O–H groups in total. The van der Waals surface area contributed by atoms with Crippen LogP contribution in [0.2, 0.25) is 24.2 Å². The van der Waals surface area contributed by atoms with Gasteiger partial charge in [0.15, 0.2) is 0 Å². The van der Waals surface area contributed by atoms with E-state index in [1.165, 1.54) is 24.2 Å². The lowest BCUT2D eigenvalue weighted by atomic mass is 10.4. The fraction of sp³-hybridized carbons (Fsp3) is 0.667. The van der Waals surface area contributed by atoms with E-state index in [1.54, 1.807) is 0 Å². The third-order valence-corrected chi connectivity index (χ3v) is 6.83. The number of hydrogen-bond donors (Lipinski definition) is 0. The molecule has 0 spiro atoms. The molecule has 0 unspecified atom stereocenters. The molecule has 0 aromatic heterocycles. The quantitative estimate of drug-likeness (QED) is 0.108. The van der Waals surface area contributed by atoms with Crippen molar-refractivity contribution >= 4 is 42.2 Å². The number of alkyl halides is 2. The number of unbranched alkanes of at least 4 members (excludes halogenated alkanes) is 2. The van der Waals surface area contributed by atoms with Gasteiger partial charge in [-0.15, -0.1) is 23.2 Å². The second-order valence-corrected chi connectivity index (χ2v) is 10.1. The van der Waals surface area contributed by atoms with Gasteiger partial charge in [0.25, 0.3) is 0 Å². The Morgan fingerprint density at radius 3 is 1.42 bits per heavy atom. The fourth-order valence-electron chi connectivity index (χ4n) is 1.91. The summed E-state index contributed by atoms with van der Waals surface area (Å²) in [6.07, 6.45) is 17.0. The van der Waals surface area contributed by atoms with Crippen LogP contribution in [0.3, 0.4) is 0 Å². The van der Waals surface area contributed by atoms with Gasteiger partial charge in [0.2, 0.25) is 0 Å². The second-order valence-electron chi connectivity index (χ2n) is 5.61. The van der Waals surface area contributed by atoms with Crippen LogP contribution in [0.5, 0.6) is 0 Å². The monoisotopic (exact) mass is 408 g/mol. The Morgan fingerprint density at radius 2 is 1.00 bits per heavy atom. The third-order valence-electron chi connectivity index (χ3n) is 3.33. The van der Waals surface area contributed by atoms with Crippen molar-refractivity contribution in [2.75, 3.05) is 25.0 Å². The molecule has 0 bridgehead atoms. The Bertz CT molecular complexity index is 294. The van der Waals surface area contributed by atoms with E-state index in [-0.39, 0.29) is 19.0 Å². The van der Waals surface area contributed by atoms with Crippen LogP contribution in [0.25, 0.3) is 0 Å².